The number of primary amides is 1. The van der Waals surface area contributed by atoms with Gasteiger partial charge in [-0.1, -0.05) is 20.8 Å². The molecule has 0 aliphatic carbocycles. The fraction of sp³-hybridized carbons (Fsp3) is 0.933. The van der Waals surface area contributed by atoms with Gasteiger partial charge in [-0.15, -0.1) is 0 Å². The van der Waals surface area contributed by atoms with Crippen molar-refractivity contribution in [2.24, 2.45) is 11.7 Å². The Morgan fingerprint density at radius 2 is 1.80 bits per heavy atom. The van der Waals surface area contributed by atoms with Gasteiger partial charge in [-0.2, -0.15) is 0 Å². The quantitative estimate of drug-likeness (QED) is 0.681. The van der Waals surface area contributed by atoms with E-state index in [-0.39, 0.29) is 5.91 Å². The van der Waals surface area contributed by atoms with E-state index < -0.39 is 5.54 Å². The lowest BCUT2D eigenvalue weighted by atomic mass is 9.96. The molecule has 0 aromatic heterocycles. The number of piperazine rings is 1. The van der Waals surface area contributed by atoms with Gasteiger partial charge < -0.3 is 20.9 Å². The minimum Gasteiger partial charge on any atom is -0.368 e. The van der Waals surface area contributed by atoms with E-state index in [1.54, 1.807) is 0 Å². The lowest BCUT2D eigenvalue weighted by molar-refractivity contribution is -0.124. The van der Waals surface area contributed by atoms with Gasteiger partial charge in [-0.25, -0.2) is 0 Å². The summed E-state index contributed by atoms with van der Waals surface area (Å²) in [6.07, 6.45) is 0.778. The largest absolute Gasteiger partial charge is 0.368 e. The van der Waals surface area contributed by atoms with Crippen molar-refractivity contribution in [3.8, 4) is 0 Å². The van der Waals surface area contributed by atoms with Crippen LogP contribution in [0.25, 0.3) is 0 Å². The Morgan fingerprint density at radius 1 is 1.25 bits per heavy atom. The Hall–Kier alpha value is -0.650. The molecule has 1 atom stereocenters. The standard InChI is InChI=1S/C15H32N4O/c1-5-17-15(4,14(16)20)6-7-18-8-10-19(11-9-18)12-13(2)3/h13,17H,5-12H2,1-4H3,(H2,16,20). The van der Waals surface area contributed by atoms with Crippen LogP contribution in [0.5, 0.6) is 0 Å². The number of nitrogens with one attached hydrogen (secondary N) is 1. The molecule has 0 aromatic carbocycles. The van der Waals surface area contributed by atoms with Gasteiger partial charge in [0.1, 0.15) is 0 Å². The van der Waals surface area contributed by atoms with E-state index in [2.05, 4.69) is 29.0 Å². The molecule has 5 heteroatoms. The van der Waals surface area contributed by atoms with Crippen molar-refractivity contribution in [2.45, 2.75) is 39.7 Å². The van der Waals surface area contributed by atoms with Crippen LogP contribution in [0, 0.1) is 5.92 Å². The molecule has 3 N–H and O–H groups in total. The molecule has 1 aliphatic heterocycles. The van der Waals surface area contributed by atoms with E-state index in [4.69, 9.17) is 5.73 Å². The van der Waals surface area contributed by atoms with Gasteiger partial charge in [0, 0.05) is 39.3 Å². The van der Waals surface area contributed by atoms with E-state index >= 15 is 0 Å². The van der Waals surface area contributed by atoms with Gasteiger partial charge in [0.05, 0.1) is 5.54 Å². The summed E-state index contributed by atoms with van der Waals surface area (Å²) in [7, 11) is 0. The van der Waals surface area contributed by atoms with Gasteiger partial charge in [0.15, 0.2) is 0 Å². The Kier molecular flexibility index (Phi) is 6.92. The minimum absolute atomic E-state index is 0.252. The van der Waals surface area contributed by atoms with Gasteiger partial charge in [-0.05, 0) is 25.8 Å². The van der Waals surface area contributed by atoms with Crippen molar-refractivity contribution in [1.29, 1.82) is 0 Å². The number of carbonyl (C=O) groups is 1. The van der Waals surface area contributed by atoms with E-state index in [9.17, 15) is 4.79 Å². The normalized spacial score (nSPS) is 21.1. The van der Waals surface area contributed by atoms with Crippen molar-refractivity contribution >= 4 is 5.91 Å². The zero-order valence-corrected chi connectivity index (χ0v) is 13.6. The second-order valence-corrected chi connectivity index (χ2v) is 6.51. The highest BCUT2D eigenvalue weighted by Gasteiger charge is 2.30. The van der Waals surface area contributed by atoms with Gasteiger partial charge >= 0.3 is 0 Å². The molecule has 1 rings (SSSR count). The Labute approximate surface area is 123 Å². The first-order valence-electron chi connectivity index (χ1n) is 7.87. The first kappa shape index (κ1) is 17.4. The maximum absolute atomic E-state index is 11.6. The monoisotopic (exact) mass is 284 g/mol. The smallest absolute Gasteiger partial charge is 0.237 e. The maximum Gasteiger partial charge on any atom is 0.237 e. The number of likely N-dealkylation sites (N-methyl/N-ethyl adjacent to an activating group) is 1. The highest BCUT2D eigenvalue weighted by atomic mass is 16.1. The molecule has 118 valence electrons. The van der Waals surface area contributed by atoms with Crippen LogP contribution in [0.15, 0.2) is 0 Å². The zero-order valence-electron chi connectivity index (χ0n) is 13.6. The third kappa shape index (κ3) is 5.38. The first-order valence-corrected chi connectivity index (χ1v) is 7.87. The van der Waals surface area contributed by atoms with Crippen LogP contribution in [-0.2, 0) is 4.79 Å². The minimum atomic E-state index is -0.580. The van der Waals surface area contributed by atoms with Crippen LogP contribution in [0.4, 0.5) is 0 Å². The second-order valence-electron chi connectivity index (χ2n) is 6.51. The average Bonchev–Trinajstić information content (AvgIpc) is 2.37. The Balaban J connectivity index is 2.34. The van der Waals surface area contributed by atoms with Crippen molar-refractivity contribution in [3.05, 3.63) is 0 Å². The molecule has 1 saturated heterocycles. The first-order chi connectivity index (χ1) is 9.37. The van der Waals surface area contributed by atoms with Gasteiger partial charge in [0.2, 0.25) is 5.91 Å². The molecule has 1 fully saturated rings. The van der Waals surface area contributed by atoms with Crippen molar-refractivity contribution in [3.63, 3.8) is 0 Å². The second kappa shape index (κ2) is 7.96. The molecule has 1 aliphatic rings. The zero-order chi connectivity index (χ0) is 15.2. The van der Waals surface area contributed by atoms with Crippen molar-refractivity contribution in [2.75, 3.05) is 45.8 Å². The van der Waals surface area contributed by atoms with E-state index in [1.807, 2.05) is 13.8 Å². The summed E-state index contributed by atoms with van der Waals surface area (Å²) in [6.45, 7) is 15.8. The van der Waals surface area contributed by atoms with Crippen LogP contribution in [-0.4, -0.2) is 67.1 Å². The van der Waals surface area contributed by atoms with E-state index in [0.29, 0.717) is 0 Å². The number of carbonyl (C=O) groups excluding carboxylic acids is 1. The number of hydrogen-bond acceptors (Lipinski definition) is 4. The molecule has 5 nitrogen and oxygen atoms in total. The predicted octanol–water partition coefficient (Wildman–Crippen LogP) is 0.504. The summed E-state index contributed by atoms with van der Waals surface area (Å²) in [5.74, 6) is 0.478. The highest BCUT2D eigenvalue weighted by Crippen LogP contribution is 2.12. The van der Waals surface area contributed by atoms with Gasteiger partial charge in [-0.3, -0.25) is 4.79 Å². The topological polar surface area (TPSA) is 61.6 Å². The average molecular weight is 284 g/mol. The number of amides is 1. The van der Waals surface area contributed by atoms with Crippen LogP contribution >= 0.6 is 0 Å². The molecule has 1 unspecified atom stereocenters. The molecule has 1 amide bonds. The number of nitrogens with zero attached hydrogens (tertiary/aromatic N) is 2. The summed E-state index contributed by atoms with van der Waals surface area (Å²) in [4.78, 5) is 16.6. The molecule has 0 spiro atoms. The van der Waals surface area contributed by atoms with Crippen molar-refractivity contribution in [1.82, 2.24) is 15.1 Å². The summed E-state index contributed by atoms with van der Waals surface area (Å²) >= 11 is 0. The summed E-state index contributed by atoms with van der Waals surface area (Å²) in [6, 6.07) is 0. The molecule has 0 radical (unpaired) electrons. The Morgan fingerprint density at radius 3 is 2.25 bits per heavy atom. The van der Waals surface area contributed by atoms with Crippen LogP contribution < -0.4 is 11.1 Å². The van der Waals surface area contributed by atoms with Crippen molar-refractivity contribution < 1.29 is 4.79 Å². The molecule has 0 saturated carbocycles. The highest BCUT2D eigenvalue weighted by molar-refractivity contribution is 5.84. The van der Waals surface area contributed by atoms with Crippen LogP contribution in [0.1, 0.15) is 34.1 Å². The fourth-order valence-electron chi connectivity index (χ4n) is 2.78. The number of hydrogen-bond donors (Lipinski definition) is 2. The van der Waals surface area contributed by atoms with Crippen LogP contribution in [0.2, 0.25) is 0 Å². The van der Waals surface area contributed by atoms with Gasteiger partial charge in [0.25, 0.3) is 0 Å². The third-order valence-corrected chi connectivity index (χ3v) is 4.13. The molecule has 1 heterocycles. The summed E-state index contributed by atoms with van der Waals surface area (Å²) < 4.78 is 0. The molecular weight excluding hydrogens is 252 g/mol. The molecular formula is C15H32N4O. The fourth-order valence-corrected chi connectivity index (χ4v) is 2.78. The SMILES string of the molecule is CCNC(C)(CCN1CCN(CC(C)C)CC1)C(N)=O. The molecule has 0 aromatic rings. The van der Waals surface area contributed by atoms with Crippen LogP contribution in [0.3, 0.4) is 0 Å². The number of nitrogens with two attached hydrogens (primary N) is 1. The van der Waals surface area contributed by atoms with E-state index in [1.165, 1.54) is 6.54 Å². The number of rotatable bonds is 8. The van der Waals surface area contributed by atoms with E-state index in [0.717, 1.165) is 51.6 Å². The maximum atomic E-state index is 11.6. The Bertz CT molecular complexity index is 300. The molecule has 0 bridgehead atoms. The lowest BCUT2D eigenvalue weighted by Crippen LogP contribution is -2.55. The third-order valence-electron chi connectivity index (χ3n) is 4.13. The predicted molar refractivity (Wildman–Crippen MR) is 83.6 cm³/mol. The summed E-state index contributed by atoms with van der Waals surface area (Å²) in [5.41, 5.74) is 4.94. The summed E-state index contributed by atoms with van der Waals surface area (Å²) in [5, 5.41) is 3.22. The lowest BCUT2D eigenvalue weighted by Gasteiger charge is -2.37. The molecule has 20 heavy (non-hydrogen) atoms.